The van der Waals surface area contributed by atoms with Gasteiger partial charge in [-0.05, 0) is 31.4 Å². The molecule has 0 spiro atoms. The zero-order valence-electron chi connectivity index (χ0n) is 15.1. The molecule has 1 atom stereocenters. The fourth-order valence-electron chi connectivity index (χ4n) is 3.43. The molecule has 0 saturated carbocycles. The van der Waals surface area contributed by atoms with Crippen LogP contribution in [-0.4, -0.2) is 35.7 Å². The molecule has 2 heterocycles. The van der Waals surface area contributed by atoms with Crippen LogP contribution in [0, 0.1) is 13.8 Å². The molecule has 1 aromatic carbocycles. The van der Waals surface area contributed by atoms with Crippen molar-refractivity contribution in [2.75, 3.05) is 19.6 Å². The molecule has 1 aliphatic heterocycles. The third-order valence-electron chi connectivity index (χ3n) is 4.72. The SMILES string of the molecule is Cc1noc(C)c1[C@H](C)CNC(=O)N1CCC=C(c2ccccc2)C1. The van der Waals surface area contributed by atoms with Crippen LogP contribution in [0.3, 0.4) is 0 Å². The van der Waals surface area contributed by atoms with Gasteiger partial charge in [0.25, 0.3) is 0 Å². The number of hydrogen-bond donors (Lipinski definition) is 1. The Hall–Kier alpha value is -2.56. The van der Waals surface area contributed by atoms with Gasteiger partial charge >= 0.3 is 6.03 Å². The van der Waals surface area contributed by atoms with E-state index in [2.05, 4.69) is 35.6 Å². The van der Waals surface area contributed by atoms with E-state index < -0.39 is 0 Å². The maximum atomic E-state index is 12.6. The quantitative estimate of drug-likeness (QED) is 0.919. The van der Waals surface area contributed by atoms with Crippen LogP contribution in [0.5, 0.6) is 0 Å². The van der Waals surface area contributed by atoms with E-state index in [1.165, 1.54) is 11.1 Å². The topological polar surface area (TPSA) is 58.4 Å². The van der Waals surface area contributed by atoms with Crippen molar-refractivity contribution in [2.45, 2.75) is 33.1 Å². The maximum Gasteiger partial charge on any atom is 0.317 e. The third kappa shape index (κ3) is 3.92. The highest BCUT2D eigenvalue weighted by atomic mass is 16.5. The number of rotatable bonds is 4. The van der Waals surface area contributed by atoms with Gasteiger partial charge in [0, 0.05) is 31.1 Å². The van der Waals surface area contributed by atoms with Crippen molar-refractivity contribution >= 4 is 11.6 Å². The Morgan fingerprint density at radius 3 is 2.76 bits per heavy atom. The molecule has 1 aliphatic rings. The van der Waals surface area contributed by atoms with Crippen molar-refractivity contribution in [3.63, 3.8) is 0 Å². The molecule has 0 radical (unpaired) electrons. The zero-order valence-corrected chi connectivity index (χ0v) is 15.1. The first-order valence-corrected chi connectivity index (χ1v) is 8.76. The minimum absolute atomic E-state index is 0.0138. The fourth-order valence-corrected chi connectivity index (χ4v) is 3.43. The number of carbonyl (C=O) groups excluding carboxylic acids is 1. The van der Waals surface area contributed by atoms with Crippen LogP contribution >= 0.6 is 0 Å². The number of benzene rings is 1. The molecule has 0 fully saturated rings. The summed E-state index contributed by atoms with van der Waals surface area (Å²) in [7, 11) is 0. The fraction of sp³-hybridized carbons (Fsp3) is 0.400. The summed E-state index contributed by atoms with van der Waals surface area (Å²) in [6.07, 6.45) is 3.11. The number of nitrogens with one attached hydrogen (secondary N) is 1. The molecule has 1 aromatic heterocycles. The second-order valence-corrected chi connectivity index (χ2v) is 6.63. The predicted molar refractivity (Wildman–Crippen MR) is 98.4 cm³/mol. The molecular formula is C20H25N3O2. The van der Waals surface area contributed by atoms with Gasteiger partial charge in [-0.3, -0.25) is 0 Å². The van der Waals surface area contributed by atoms with E-state index in [4.69, 9.17) is 4.52 Å². The Bertz CT molecular complexity index is 745. The Morgan fingerprint density at radius 1 is 1.32 bits per heavy atom. The summed E-state index contributed by atoms with van der Waals surface area (Å²) in [5, 5.41) is 7.05. The lowest BCUT2D eigenvalue weighted by Crippen LogP contribution is -2.43. The van der Waals surface area contributed by atoms with Crippen LogP contribution in [-0.2, 0) is 0 Å². The van der Waals surface area contributed by atoms with Crippen LogP contribution in [0.4, 0.5) is 4.79 Å². The number of hydrogen-bond acceptors (Lipinski definition) is 3. The Labute approximate surface area is 148 Å². The summed E-state index contributed by atoms with van der Waals surface area (Å²) in [6.45, 7) is 7.90. The van der Waals surface area contributed by atoms with E-state index in [0.717, 1.165) is 30.0 Å². The number of carbonyl (C=O) groups is 1. The summed E-state index contributed by atoms with van der Waals surface area (Å²) >= 11 is 0. The van der Waals surface area contributed by atoms with Gasteiger partial charge in [-0.25, -0.2) is 4.79 Å². The highest BCUT2D eigenvalue weighted by Crippen LogP contribution is 2.23. The van der Waals surface area contributed by atoms with Crippen LogP contribution in [0.15, 0.2) is 40.9 Å². The molecule has 0 bridgehead atoms. The molecule has 5 nitrogen and oxygen atoms in total. The molecule has 25 heavy (non-hydrogen) atoms. The zero-order chi connectivity index (χ0) is 17.8. The number of aromatic nitrogens is 1. The average Bonchev–Trinajstić information content (AvgIpc) is 2.99. The van der Waals surface area contributed by atoms with Gasteiger partial charge in [0.2, 0.25) is 0 Å². The van der Waals surface area contributed by atoms with E-state index in [1.54, 1.807) is 0 Å². The normalized spacial score (nSPS) is 15.6. The maximum absolute atomic E-state index is 12.6. The summed E-state index contributed by atoms with van der Waals surface area (Å²) in [5.74, 6) is 0.996. The lowest BCUT2D eigenvalue weighted by Gasteiger charge is -2.28. The standard InChI is InChI=1S/C20H25N3O2/c1-14(19-15(2)22-25-16(19)3)12-21-20(24)23-11-7-10-18(13-23)17-8-5-4-6-9-17/h4-6,8-10,14H,7,11-13H2,1-3H3,(H,21,24)/t14-/m1/s1. The second kappa shape index (κ2) is 7.55. The number of amides is 2. The van der Waals surface area contributed by atoms with E-state index in [0.29, 0.717) is 13.1 Å². The summed E-state index contributed by atoms with van der Waals surface area (Å²) < 4.78 is 5.22. The molecule has 0 saturated heterocycles. The predicted octanol–water partition coefficient (Wildman–Crippen LogP) is 3.89. The van der Waals surface area contributed by atoms with Gasteiger partial charge in [0.05, 0.1) is 5.69 Å². The average molecular weight is 339 g/mol. The molecule has 2 amide bonds. The summed E-state index contributed by atoms with van der Waals surface area (Å²) in [6, 6.07) is 10.2. The van der Waals surface area contributed by atoms with E-state index in [1.807, 2.05) is 36.9 Å². The first-order chi connectivity index (χ1) is 12.1. The van der Waals surface area contributed by atoms with Crippen LogP contribution in [0.2, 0.25) is 0 Å². The largest absolute Gasteiger partial charge is 0.361 e. The van der Waals surface area contributed by atoms with Gasteiger partial charge in [-0.2, -0.15) is 0 Å². The molecule has 132 valence electrons. The first-order valence-electron chi connectivity index (χ1n) is 8.76. The first kappa shape index (κ1) is 17.3. The van der Waals surface area contributed by atoms with E-state index in [-0.39, 0.29) is 11.9 Å². The van der Waals surface area contributed by atoms with Crippen molar-refractivity contribution in [1.29, 1.82) is 0 Å². The van der Waals surface area contributed by atoms with Crippen LogP contribution < -0.4 is 5.32 Å². The van der Waals surface area contributed by atoms with Gasteiger partial charge in [-0.15, -0.1) is 0 Å². The molecular weight excluding hydrogens is 314 g/mol. The highest BCUT2D eigenvalue weighted by molar-refractivity contribution is 5.78. The van der Waals surface area contributed by atoms with Crippen LogP contribution in [0.25, 0.3) is 5.57 Å². The van der Waals surface area contributed by atoms with Crippen molar-refractivity contribution in [2.24, 2.45) is 0 Å². The monoisotopic (exact) mass is 339 g/mol. The summed E-state index contributed by atoms with van der Waals surface area (Å²) in [5.41, 5.74) is 4.38. The lowest BCUT2D eigenvalue weighted by molar-refractivity contribution is 0.203. The molecule has 2 aromatic rings. The van der Waals surface area contributed by atoms with Crippen LogP contribution in [0.1, 0.15) is 41.8 Å². The van der Waals surface area contributed by atoms with Gasteiger partial charge < -0.3 is 14.7 Å². The number of nitrogens with zero attached hydrogens (tertiary/aromatic N) is 2. The van der Waals surface area contributed by atoms with Gasteiger partial charge in [0.1, 0.15) is 5.76 Å². The number of aryl methyl sites for hydroxylation is 2. The molecule has 0 unspecified atom stereocenters. The van der Waals surface area contributed by atoms with Crippen molar-refractivity contribution in [3.8, 4) is 0 Å². The highest BCUT2D eigenvalue weighted by Gasteiger charge is 2.21. The Morgan fingerprint density at radius 2 is 2.08 bits per heavy atom. The second-order valence-electron chi connectivity index (χ2n) is 6.63. The molecule has 1 N–H and O–H groups in total. The minimum Gasteiger partial charge on any atom is -0.361 e. The van der Waals surface area contributed by atoms with Crippen molar-refractivity contribution in [3.05, 3.63) is 59.0 Å². The number of urea groups is 1. The van der Waals surface area contributed by atoms with Gasteiger partial charge in [0.15, 0.2) is 0 Å². The molecule has 0 aliphatic carbocycles. The summed E-state index contributed by atoms with van der Waals surface area (Å²) in [4.78, 5) is 14.4. The molecule has 5 heteroatoms. The Kier molecular flexibility index (Phi) is 5.22. The van der Waals surface area contributed by atoms with E-state index in [9.17, 15) is 4.79 Å². The van der Waals surface area contributed by atoms with Gasteiger partial charge in [-0.1, -0.05) is 48.5 Å². The van der Waals surface area contributed by atoms with Crippen molar-refractivity contribution < 1.29 is 9.32 Å². The minimum atomic E-state index is -0.0138. The smallest absolute Gasteiger partial charge is 0.317 e. The third-order valence-corrected chi connectivity index (χ3v) is 4.72. The molecule has 3 rings (SSSR count). The lowest BCUT2D eigenvalue weighted by atomic mass is 9.99. The van der Waals surface area contributed by atoms with E-state index >= 15 is 0 Å². The Balaban J connectivity index is 1.58. The van der Waals surface area contributed by atoms with Crippen molar-refractivity contribution in [1.82, 2.24) is 15.4 Å².